The lowest BCUT2D eigenvalue weighted by Gasteiger charge is -2.30. The second-order valence-corrected chi connectivity index (χ2v) is 7.11. The predicted octanol–water partition coefficient (Wildman–Crippen LogP) is 3.59. The Morgan fingerprint density at radius 2 is 1.73 bits per heavy atom. The molecule has 1 N–H and O–H groups in total. The van der Waals surface area contributed by atoms with E-state index >= 15 is 0 Å². The Labute approximate surface area is 134 Å². The van der Waals surface area contributed by atoms with E-state index in [2.05, 4.69) is 29.3 Å². The van der Waals surface area contributed by atoms with E-state index in [9.17, 15) is 4.79 Å². The summed E-state index contributed by atoms with van der Waals surface area (Å²) in [5.41, 5.74) is 2.11. The second-order valence-electron chi connectivity index (χ2n) is 7.11. The van der Waals surface area contributed by atoms with Gasteiger partial charge in [-0.1, -0.05) is 31.9 Å². The third-order valence-corrected chi connectivity index (χ3v) is 5.19. The number of nitrogens with zero attached hydrogens (tertiary/aromatic N) is 1. The van der Waals surface area contributed by atoms with E-state index in [1.165, 1.54) is 44.3 Å². The molecule has 0 spiro atoms. The van der Waals surface area contributed by atoms with Gasteiger partial charge in [-0.25, -0.2) is 0 Å². The highest BCUT2D eigenvalue weighted by Gasteiger charge is 2.18. The maximum absolute atomic E-state index is 12.2. The molecule has 1 aliphatic carbocycles. The van der Waals surface area contributed by atoms with Crippen LogP contribution in [-0.4, -0.2) is 29.9 Å². The molecule has 1 saturated carbocycles. The van der Waals surface area contributed by atoms with E-state index in [4.69, 9.17) is 0 Å². The van der Waals surface area contributed by atoms with Crippen molar-refractivity contribution in [2.24, 2.45) is 5.92 Å². The summed E-state index contributed by atoms with van der Waals surface area (Å²) in [6.45, 7) is 5.75. The molecule has 3 nitrogen and oxygen atoms in total. The van der Waals surface area contributed by atoms with Gasteiger partial charge in [0, 0.05) is 18.2 Å². The topological polar surface area (TPSA) is 32.3 Å². The Hall–Kier alpha value is -1.35. The average Bonchev–Trinajstić information content (AvgIpc) is 3.03. The van der Waals surface area contributed by atoms with E-state index in [-0.39, 0.29) is 5.91 Å². The molecule has 120 valence electrons. The number of amides is 1. The molecule has 0 bridgehead atoms. The summed E-state index contributed by atoms with van der Waals surface area (Å²) in [7, 11) is 0. The molecule has 2 fully saturated rings. The lowest BCUT2D eigenvalue weighted by Crippen LogP contribution is -2.33. The molecule has 1 heterocycles. The van der Waals surface area contributed by atoms with Gasteiger partial charge < -0.3 is 5.32 Å². The first-order chi connectivity index (χ1) is 10.7. The van der Waals surface area contributed by atoms with Crippen LogP contribution in [0.3, 0.4) is 0 Å². The van der Waals surface area contributed by atoms with Crippen molar-refractivity contribution in [2.75, 3.05) is 13.1 Å². The van der Waals surface area contributed by atoms with Gasteiger partial charge in [0.15, 0.2) is 0 Å². The number of likely N-dealkylation sites (tertiary alicyclic amines) is 1. The van der Waals surface area contributed by atoms with E-state index in [0.29, 0.717) is 6.04 Å². The van der Waals surface area contributed by atoms with Gasteiger partial charge in [-0.2, -0.15) is 0 Å². The lowest BCUT2D eigenvalue weighted by molar-refractivity contribution is 0.0938. The molecule has 1 saturated heterocycles. The zero-order valence-electron chi connectivity index (χ0n) is 13.7. The van der Waals surface area contributed by atoms with Gasteiger partial charge in [-0.15, -0.1) is 0 Å². The minimum atomic E-state index is 0.0882. The predicted molar refractivity (Wildman–Crippen MR) is 89.8 cm³/mol. The molecule has 0 radical (unpaired) electrons. The van der Waals surface area contributed by atoms with Crippen LogP contribution in [0.15, 0.2) is 24.3 Å². The molecule has 1 aromatic carbocycles. The quantitative estimate of drug-likeness (QED) is 0.921. The molecule has 3 heteroatoms. The lowest BCUT2D eigenvalue weighted by atomic mass is 9.99. The van der Waals surface area contributed by atoms with Gasteiger partial charge in [0.2, 0.25) is 0 Å². The van der Waals surface area contributed by atoms with E-state index in [1.54, 1.807) is 0 Å². The van der Waals surface area contributed by atoms with Crippen LogP contribution in [0.1, 0.15) is 61.4 Å². The minimum Gasteiger partial charge on any atom is -0.349 e. The van der Waals surface area contributed by atoms with Gasteiger partial charge in [0.05, 0.1) is 0 Å². The Kier molecular flexibility index (Phi) is 5.14. The van der Waals surface area contributed by atoms with Gasteiger partial charge in [0.25, 0.3) is 5.91 Å². The number of nitrogens with one attached hydrogen (secondary N) is 1. The molecule has 0 aromatic heterocycles. The number of piperidine rings is 1. The highest BCUT2D eigenvalue weighted by molar-refractivity contribution is 5.94. The van der Waals surface area contributed by atoms with E-state index < -0.39 is 0 Å². The Morgan fingerprint density at radius 1 is 1.09 bits per heavy atom. The molecule has 1 amide bonds. The van der Waals surface area contributed by atoms with Crippen LogP contribution in [0.2, 0.25) is 0 Å². The fourth-order valence-corrected chi connectivity index (χ4v) is 3.58. The summed E-state index contributed by atoms with van der Waals surface area (Å²) in [5, 5.41) is 3.15. The first-order valence-corrected chi connectivity index (χ1v) is 8.83. The van der Waals surface area contributed by atoms with Crippen LogP contribution in [0.25, 0.3) is 0 Å². The van der Waals surface area contributed by atoms with Crippen LogP contribution >= 0.6 is 0 Å². The molecule has 0 atom stereocenters. The maximum atomic E-state index is 12.2. The van der Waals surface area contributed by atoms with Crippen molar-refractivity contribution >= 4 is 5.91 Å². The van der Waals surface area contributed by atoms with Gasteiger partial charge in [0.1, 0.15) is 0 Å². The Morgan fingerprint density at radius 3 is 2.36 bits per heavy atom. The molecule has 0 unspecified atom stereocenters. The SMILES string of the molecule is CC1CCN(Cc2ccc(C(=O)NC3CCCC3)cc2)CC1. The fourth-order valence-electron chi connectivity index (χ4n) is 3.58. The monoisotopic (exact) mass is 300 g/mol. The van der Waals surface area contributed by atoms with Crippen LogP contribution in [-0.2, 0) is 6.54 Å². The Bertz CT molecular complexity index is 483. The summed E-state index contributed by atoms with van der Waals surface area (Å²) < 4.78 is 0. The van der Waals surface area contributed by atoms with Crippen molar-refractivity contribution in [1.82, 2.24) is 10.2 Å². The normalized spacial score (nSPS) is 21.1. The van der Waals surface area contributed by atoms with Crippen LogP contribution in [0.5, 0.6) is 0 Å². The first-order valence-electron chi connectivity index (χ1n) is 8.83. The van der Waals surface area contributed by atoms with Gasteiger partial charge in [-0.3, -0.25) is 9.69 Å². The third kappa shape index (κ3) is 4.10. The summed E-state index contributed by atoms with van der Waals surface area (Å²) in [4.78, 5) is 14.7. The smallest absolute Gasteiger partial charge is 0.251 e. The summed E-state index contributed by atoms with van der Waals surface area (Å²) in [5.74, 6) is 0.961. The number of hydrogen-bond acceptors (Lipinski definition) is 2. The maximum Gasteiger partial charge on any atom is 0.251 e. The van der Waals surface area contributed by atoms with Crippen LogP contribution < -0.4 is 5.32 Å². The highest BCUT2D eigenvalue weighted by Crippen LogP contribution is 2.19. The molecule has 22 heavy (non-hydrogen) atoms. The number of hydrogen-bond donors (Lipinski definition) is 1. The molecule has 1 aromatic rings. The first kappa shape index (κ1) is 15.5. The van der Waals surface area contributed by atoms with E-state index in [0.717, 1.165) is 30.9 Å². The van der Waals surface area contributed by atoms with Crippen molar-refractivity contribution in [3.05, 3.63) is 35.4 Å². The molecule has 3 rings (SSSR count). The molecular formula is C19H28N2O. The molecular weight excluding hydrogens is 272 g/mol. The zero-order valence-corrected chi connectivity index (χ0v) is 13.7. The number of benzene rings is 1. The van der Waals surface area contributed by atoms with Crippen molar-refractivity contribution in [2.45, 2.75) is 58.0 Å². The summed E-state index contributed by atoms with van der Waals surface area (Å²) >= 11 is 0. The van der Waals surface area contributed by atoms with Crippen molar-refractivity contribution in [3.8, 4) is 0 Å². The summed E-state index contributed by atoms with van der Waals surface area (Å²) in [6, 6.07) is 8.57. The minimum absolute atomic E-state index is 0.0882. The third-order valence-electron chi connectivity index (χ3n) is 5.19. The zero-order chi connectivity index (χ0) is 15.4. The Balaban J connectivity index is 1.52. The van der Waals surface area contributed by atoms with Gasteiger partial charge in [-0.05, 0) is 62.4 Å². The highest BCUT2D eigenvalue weighted by atomic mass is 16.1. The number of carbonyl (C=O) groups is 1. The molecule has 1 aliphatic heterocycles. The molecule has 2 aliphatic rings. The number of carbonyl (C=O) groups excluding carboxylic acids is 1. The second kappa shape index (κ2) is 7.28. The summed E-state index contributed by atoms with van der Waals surface area (Å²) in [6.07, 6.45) is 7.38. The largest absolute Gasteiger partial charge is 0.349 e. The standard InChI is InChI=1S/C19H28N2O/c1-15-10-12-21(13-11-15)14-16-6-8-17(9-7-16)19(22)20-18-4-2-3-5-18/h6-9,15,18H,2-5,10-14H2,1H3,(H,20,22). The van der Waals surface area contributed by atoms with E-state index in [1.807, 2.05) is 12.1 Å². The van der Waals surface area contributed by atoms with Crippen LogP contribution in [0.4, 0.5) is 0 Å². The van der Waals surface area contributed by atoms with Crippen molar-refractivity contribution in [3.63, 3.8) is 0 Å². The van der Waals surface area contributed by atoms with Crippen molar-refractivity contribution in [1.29, 1.82) is 0 Å². The van der Waals surface area contributed by atoms with Gasteiger partial charge >= 0.3 is 0 Å². The fraction of sp³-hybridized carbons (Fsp3) is 0.632. The van der Waals surface area contributed by atoms with Crippen molar-refractivity contribution < 1.29 is 4.79 Å². The van der Waals surface area contributed by atoms with Crippen LogP contribution in [0, 0.1) is 5.92 Å². The number of rotatable bonds is 4. The average molecular weight is 300 g/mol.